The van der Waals surface area contributed by atoms with Crippen molar-refractivity contribution in [2.24, 2.45) is 5.73 Å². The summed E-state index contributed by atoms with van der Waals surface area (Å²) in [6.45, 7) is 10.5. The van der Waals surface area contributed by atoms with E-state index >= 15 is 0 Å². The molecule has 0 spiro atoms. The second-order valence-electron chi connectivity index (χ2n) is 3.50. The fourth-order valence-electron chi connectivity index (χ4n) is 1.39. The van der Waals surface area contributed by atoms with Gasteiger partial charge in [-0.25, -0.2) is 5.01 Å². The van der Waals surface area contributed by atoms with Crippen LogP contribution in [0, 0.1) is 0 Å². The molecule has 0 aromatic heterocycles. The van der Waals surface area contributed by atoms with Gasteiger partial charge in [0.2, 0.25) is 0 Å². The van der Waals surface area contributed by atoms with E-state index < -0.39 is 0 Å². The quantitative estimate of drug-likeness (QED) is 0.411. The van der Waals surface area contributed by atoms with Crippen molar-refractivity contribution in [3.8, 4) is 0 Å². The molecule has 0 unspecified atom stereocenters. The number of nitrogens with zero attached hydrogens (tertiary/aromatic N) is 2. The van der Waals surface area contributed by atoms with Gasteiger partial charge in [0, 0.05) is 26.7 Å². The summed E-state index contributed by atoms with van der Waals surface area (Å²) in [7, 11) is 2.03. The molecule has 4 nitrogen and oxygen atoms in total. The maximum atomic E-state index is 5.44. The summed E-state index contributed by atoms with van der Waals surface area (Å²) >= 11 is 0. The van der Waals surface area contributed by atoms with E-state index in [1.54, 1.807) is 0 Å². The maximum Gasteiger partial charge on any atom is 0.0250 e. The SMILES string of the molecule is CCN(CC)CCCNN(C)CCN. The zero-order valence-corrected chi connectivity index (χ0v) is 9.92. The molecule has 0 atom stereocenters. The van der Waals surface area contributed by atoms with Crippen molar-refractivity contribution in [2.75, 3.05) is 46.3 Å². The van der Waals surface area contributed by atoms with E-state index in [4.69, 9.17) is 5.73 Å². The number of rotatable bonds is 9. The monoisotopic (exact) mass is 202 g/mol. The zero-order chi connectivity index (χ0) is 10.8. The molecule has 0 aromatic rings. The Morgan fingerprint density at radius 1 is 1.14 bits per heavy atom. The number of nitrogens with two attached hydrogens (primary N) is 1. The topological polar surface area (TPSA) is 44.5 Å². The van der Waals surface area contributed by atoms with Gasteiger partial charge < -0.3 is 10.6 Å². The third kappa shape index (κ3) is 7.26. The highest BCUT2D eigenvalue weighted by Gasteiger charge is 1.98. The van der Waals surface area contributed by atoms with Crippen molar-refractivity contribution in [2.45, 2.75) is 20.3 Å². The van der Waals surface area contributed by atoms with Crippen molar-refractivity contribution in [3.05, 3.63) is 0 Å². The lowest BCUT2D eigenvalue weighted by atomic mass is 10.4. The zero-order valence-electron chi connectivity index (χ0n) is 9.92. The first kappa shape index (κ1) is 13.8. The van der Waals surface area contributed by atoms with Gasteiger partial charge in [-0.2, -0.15) is 0 Å². The van der Waals surface area contributed by atoms with Gasteiger partial charge in [0.15, 0.2) is 0 Å². The summed E-state index contributed by atoms with van der Waals surface area (Å²) in [4.78, 5) is 2.44. The van der Waals surface area contributed by atoms with Crippen LogP contribution < -0.4 is 11.2 Å². The van der Waals surface area contributed by atoms with Gasteiger partial charge in [0.1, 0.15) is 0 Å². The van der Waals surface area contributed by atoms with Crippen LogP contribution in [-0.2, 0) is 0 Å². The van der Waals surface area contributed by atoms with Crippen molar-refractivity contribution in [1.82, 2.24) is 15.3 Å². The van der Waals surface area contributed by atoms with Crippen LogP contribution in [0.3, 0.4) is 0 Å². The summed E-state index contributed by atoms with van der Waals surface area (Å²) < 4.78 is 0. The van der Waals surface area contributed by atoms with Crippen molar-refractivity contribution >= 4 is 0 Å². The Morgan fingerprint density at radius 3 is 2.29 bits per heavy atom. The molecule has 0 heterocycles. The molecule has 0 saturated heterocycles. The highest BCUT2D eigenvalue weighted by atomic mass is 15.5. The van der Waals surface area contributed by atoms with E-state index in [1.165, 1.54) is 13.0 Å². The van der Waals surface area contributed by atoms with Gasteiger partial charge in [0.25, 0.3) is 0 Å². The molecule has 0 fully saturated rings. The average Bonchev–Trinajstić information content (AvgIpc) is 2.19. The molecule has 3 N–H and O–H groups in total. The fourth-order valence-corrected chi connectivity index (χ4v) is 1.39. The predicted octanol–water partition coefficient (Wildman–Crippen LogP) is 0.113. The minimum Gasteiger partial charge on any atom is -0.329 e. The minimum absolute atomic E-state index is 0.708. The van der Waals surface area contributed by atoms with Gasteiger partial charge in [-0.3, -0.25) is 5.43 Å². The molecule has 0 rings (SSSR count). The first-order chi connectivity index (χ1) is 6.74. The van der Waals surface area contributed by atoms with Gasteiger partial charge in [-0.05, 0) is 26.1 Å². The number of hydrogen-bond acceptors (Lipinski definition) is 4. The van der Waals surface area contributed by atoms with Crippen LogP contribution in [0.25, 0.3) is 0 Å². The van der Waals surface area contributed by atoms with Gasteiger partial charge >= 0.3 is 0 Å². The minimum atomic E-state index is 0.708. The molecular weight excluding hydrogens is 176 g/mol. The third-order valence-electron chi connectivity index (χ3n) is 2.39. The highest BCUT2D eigenvalue weighted by molar-refractivity contribution is 4.54. The summed E-state index contributed by atoms with van der Waals surface area (Å²) in [5.41, 5.74) is 8.75. The van der Waals surface area contributed by atoms with E-state index in [0.717, 1.165) is 26.2 Å². The Kier molecular flexibility index (Phi) is 9.29. The fraction of sp³-hybridized carbons (Fsp3) is 1.00. The molecule has 0 aliphatic heterocycles. The van der Waals surface area contributed by atoms with E-state index in [9.17, 15) is 0 Å². The summed E-state index contributed by atoms with van der Waals surface area (Å²) in [5.74, 6) is 0. The smallest absolute Gasteiger partial charge is 0.0250 e. The molecule has 14 heavy (non-hydrogen) atoms. The maximum absolute atomic E-state index is 5.44. The molecule has 0 aromatic carbocycles. The Labute approximate surface area is 88.4 Å². The lowest BCUT2D eigenvalue weighted by molar-refractivity contribution is 0.226. The molecule has 86 valence electrons. The third-order valence-corrected chi connectivity index (χ3v) is 2.39. The predicted molar refractivity (Wildman–Crippen MR) is 62.1 cm³/mol. The largest absolute Gasteiger partial charge is 0.329 e. The van der Waals surface area contributed by atoms with E-state index in [0.29, 0.717) is 6.54 Å². The van der Waals surface area contributed by atoms with Crippen LogP contribution in [0.4, 0.5) is 0 Å². The lowest BCUT2D eigenvalue weighted by Gasteiger charge is -2.20. The molecule has 0 bridgehead atoms. The summed E-state index contributed by atoms with van der Waals surface area (Å²) in [5, 5.41) is 2.06. The second-order valence-corrected chi connectivity index (χ2v) is 3.50. The van der Waals surface area contributed by atoms with Gasteiger partial charge in [0.05, 0.1) is 0 Å². The van der Waals surface area contributed by atoms with Crippen molar-refractivity contribution < 1.29 is 0 Å². The van der Waals surface area contributed by atoms with Crippen LogP contribution in [0.2, 0.25) is 0 Å². The average molecular weight is 202 g/mol. The Hall–Kier alpha value is -0.160. The Bertz CT molecular complexity index is 115. The van der Waals surface area contributed by atoms with E-state index in [-0.39, 0.29) is 0 Å². The molecular formula is C10H26N4. The summed E-state index contributed by atoms with van der Waals surface area (Å²) in [6.07, 6.45) is 1.19. The Balaban J connectivity index is 3.27. The van der Waals surface area contributed by atoms with Crippen LogP contribution >= 0.6 is 0 Å². The Morgan fingerprint density at radius 2 is 1.79 bits per heavy atom. The normalized spacial score (nSPS) is 11.6. The van der Waals surface area contributed by atoms with Crippen molar-refractivity contribution in [1.29, 1.82) is 0 Å². The molecule has 4 heteroatoms. The molecule has 0 saturated carbocycles. The van der Waals surface area contributed by atoms with Crippen molar-refractivity contribution in [3.63, 3.8) is 0 Å². The lowest BCUT2D eigenvalue weighted by Crippen LogP contribution is -2.39. The number of hydrazine groups is 1. The standard InChI is InChI=1S/C10H26N4/c1-4-14(5-2)9-6-8-12-13(3)10-7-11/h12H,4-11H2,1-3H3. The first-order valence-corrected chi connectivity index (χ1v) is 5.61. The molecule has 0 aliphatic carbocycles. The second kappa shape index (κ2) is 9.40. The first-order valence-electron chi connectivity index (χ1n) is 5.61. The number of nitrogens with one attached hydrogen (secondary N) is 1. The van der Waals surface area contributed by atoms with Crippen LogP contribution in [0.5, 0.6) is 0 Å². The van der Waals surface area contributed by atoms with Crippen LogP contribution in [-0.4, -0.2) is 56.2 Å². The number of likely N-dealkylation sites (N-methyl/N-ethyl adjacent to an activating group) is 1. The van der Waals surface area contributed by atoms with Crippen LogP contribution in [0.15, 0.2) is 0 Å². The molecule has 0 radical (unpaired) electrons. The van der Waals surface area contributed by atoms with Gasteiger partial charge in [-0.1, -0.05) is 13.8 Å². The van der Waals surface area contributed by atoms with Crippen LogP contribution in [0.1, 0.15) is 20.3 Å². The number of hydrogen-bond donors (Lipinski definition) is 2. The van der Waals surface area contributed by atoms with Gasteiger partial charge in [-0.15, -0.1) is 0 Å². The van der Waals surface area contributed by atoms with E-state index in [2.05, 4.69) is 29.2 Å². The summed E-state index contributed by atoms with van der Waals surface area (Å²) in [6, 6.07) is 0. The highest BCUT2D eigenvalue weighted by Crippen LogP contribution is 1.89. The molecule has 0 aliphatic rings. The van der Waals surface area contributed by atoms with E-state index in [1.807, 2.05) is 7.05 Å². The molecule has 0 amide bonds.